The second-order valence-corrected chi connectivity index (χ2v) is 6.31. The molecule has 2 rings (SSSR count). The first-order valence-corrected chi connectivity index (χ1v) is 7.82. The number of rotatable bonds is 4. The van der Waals surface area contributed by atoms with Crippen molar-refractivity contribution >= 4 is 5.97 Å². The summed E-state index contributed by atoms with van der Waals surface area (Å²) < 4.78 is 6.71. The molecule has 2 fully saturated rings. The summed E-state index contributed by atoms with van der Waals surface area (Å²) in [6, 6.07) is 0. The van der Waals surface area contributed by atoms with Crippen LogP contribution in [-0.2, 0) is 9.53 Å². The molecule has 4 nitrogen and oxygen atoms in total. The summed E-state index contributed by atoms with van der Waals surface area (Å²) in [5.74, 6) is -0.417. The van der Waals surface area contributed by atoms with E-state index in [-0.39, 0.29) is 6.10 Å². The molecule has 0 aromatic rings. The predicted octanol–water partition coefficient (Wildman–Crippen LogP) is 1.85. The monoisotopic (exact) mass is 270 g/mol. The molecule has 0 aromatic carbocycles. The minimum absolute atomic E-state index is 0.00947. The SMILES string of the molecule is CCC(O)(CC)C(=O)OC1CC[N+]2(CCCCC2)C1. The van der Waals surface area contributed by atoms with Crippen LogP contribution in [0, 0.1) is 0 Å². The van der Waals surface area contributed by atoms with Crippen molar-refractivity contribution in [2.45, 2.75) is 64.1 Å². The molecule has 1 spiro atoms. The molecular formula is C15H28NO3+. The van der Waals surface area contributed by atoms with Crippen LogP contribution in [-0.4, -0.2) is 53.4 Å². The molecule has 2 heterocycles. The van der Waals surface area contributed by atoms with Crippen LogP contribution < -0.4 is 0 Å². The zero-order valence-electron chi connectivity index (χ0n) is 12.4. The van der Waals surface area contributed by atoms with Gasteiger partial charge in [0.05, 0.1) is 19.6 Å². The molecular weight excluding hydrogens is 242 g/mol. The summed E-state index contributed by atoms with van der Waals surface area (Å²) in [5, 5.41) is 10.2. The first-order valence-electron chi connectivity index (χ1n) is 7.82. The Labute approximate surface area is 116 Å². The topological polar surface area (TPSA) is 46.5 Å². The highest BCUT2D eigenvalue weighted by Gasteiger charge is 2.43. The van der Waals surface area contributed by atoms with E-state index in [1.807, 2.05) is 13.8 Å². The number of nitrogens with zero attached hydrogens (tertiary/aromatic N) is 1. The van der Waals surface area contributed by atoms with E-state index in [1.54, 1.807) is 0 Å². The van der Waals surface area contributed by atoms with Crippen molar-refractivity contribution in [3.05, 3.63) is 0 Å². The number of piperidine rings is 1. The van der Waals surface area contributed by atoms with E-state index in [0.717, 1.165) is 24.0 Å². The van der Waals surface area contributed by atoms with Crippen molar-refractivity contribution < 1.29 is 19.1 Å². The summed E-state index contributed by atoms with van der Waals surface area (Å²) in [4.78, 5) is 12.1. The number of hydrogen-bond acceptors (Lipinski definition) is 3. The lowest BCUT2D eigenvalue weighted by atomic mass is 9.98. The van der Waals surface area contributed by atoms with Crippen LogP contribution in [0.2, 0.25) is 0 Å². The summed E-state index contributed by atoms with van der Waals surface area (Å²) in [7, 11) is 0. The predicted molar refractivity (Wildman–Crippen MR) is 73.6 cm³/mol. The highest BCUT2D eigenvalue weighted by molar-refractivity contribution is 5.79. The zero-order chi connectivity index (χ0) is 13.9. The third kappa shape index (κ3) is 3.11. The summed E-state index contributed by atoms with van der Waals surface area (Å²) in [5.41, 5.74) is -1.28. The number of aliphatic hydroxyl groups is 1. The number of ether oxygens (including phenoxy) is 1. The standard InChI is InChI=1S/C15H28NO3/c1-3-15(18,4-2)14(17)19-13-8-11-16(12-13)9-6-5-7-10-16/h13,18H,3-12H2,1-2H3/q+1. The van der Waals surface area contributed by atoms with Crippen LogP contribution in [0.4, 0.5) is 0 Å². The van der Waals surface area contributed by atoms with Crippen LogP contribution in [0.25, 0.3) is 0 Å². The van der Waals surface area contributed by atoms with Gasteiger partial charge in [-0.2, -0.15) is 0 Å². The van der Waals surface area contributed by atoms with Gasteiger partial charge in [0.25, 0.3) is 0 Å². The molecule has 19 heavy (non-hydrogen) atoms. The molecule has 4 heteroatoms. The van der Waals surface area contributed by atoms with Crippen molar-refractivity contribution in [1.82, 2.24) is 0 Å². The molecule has 0 radical (unpaired) electrons. The van der Waals surface area contributed by atoms with E-state index in [1.165, 1.54) is 32.4 Å². The van der Waals surface area contributed by atoms with Crippen LogP contribution in [0.3, 0.4) is 0 Å². The fourth-order valence-corrected chi connectivity index (χ4v) is 3.52. The lowest BCUT2D eigenvalue weighted by molar-refractivity contribution is -0.922. The second kappa shape index (κ2) is 5.80. The van der Waals surface area contributed by atoms with Crippen molar-refractivity contribution in [2.24, 2.45) is 0 Å². The van der Waals surface area contributed by atoms with Gasteiger partial charge in [0.1, 0.15) is 6.54 Å². The largest absolute Gasteiger partial charge is 0.454 e. The van der Waals surface area contributed by atoms with Crippen molar-refractivity contribution in [3.63, 3.8) is 0 Å². The van der Waals surface area contributed by atoms with E-state index >= 15 is 0 Å². The van der Waals surface area contributed by atoms with Gasteiger partial charge in [0, 0.05) is 6.42 Å². The Kier molecular flexibility index (Phi) is 4.51. The molecule has 0 bridgehead atoms. The number of quaternary nitrogens is 1. The second-order valence-electron chi connectivity index (χ2n) is 6.31. The van der Waals surface area contributed by atoms with Gasteiger partial charge >= 0.3 is 5.97 Å². The Morgan fingerprint density at radius 1 is 1.21 bits per heavy atom. The quantitative estimate of drug-likeness (QED) is 0.626. The third-order valence-electron chi connectivity index (χ3n) is 5.10. The maximum Gasteiger partial charge on any atom is 0.338 e. The molecule has 0 aliphatic carbocycles. The van der Waals surface area contributed by atoms with Gasteiger partial charge in [-0.25, -0.2) is 4.79 Å². The minimum atomic E-state index is -1.28. The van der Waals surface area contributed by atoms with Crippen LogP contribution in [0.15, 0.2) is 0 Å². The molecule has 110 valence electrons. The first kappa shape index (κ1) is 14.8. The Hall–Kier alpha value is -0.610. The molecule has 0 aromatic heterocycles. The minimum Gasteiger partial charge on any atom is -0.454 e. The van der Waals surface area contributed by atoms with Gasteiger partial charge in [0.15, 0.2) is 11.7 Å². The van der Waals surface area contributed by atoms with Crippen LogP contribution in [0.5, 0.6) is 0 Å². The first-order chi connectivity index (χ1) is 9.03. The maximum atomic E-state index is 12.1. The van der Waals surface area contributed by atoms with Gasteiger partial charge in [-0.15, -0.1) is 0 Å². The summed E-state index contributed by atoms with van der Waals surface area (Å²) in [6.45, 7) is 8.22. The van der Waals surface area contributed by atoms with Crippen molar-refractivity contribution in [3.8, 4) is 0 Å². The Morgan fingerprint density at radius 2 is 1.84 bits per heavy atom. The lowest BCUT2D eigenvalue weighted by Gasteiger charge is -2.37. The van der Waals surface area contributed by atoms with Gasteiger partial charge in [-0.05, 0) is 32.1 Å². The molecule has 2 saturated heterocycles. The number of carbonyl (C=O) groups excluding carboxylic acids is 1. The summed E-state index contributed by atoms with van der Waals surface area (Å²) >= 11 is 0. The Bertz CT molecular complexity index is 319. The molecule has 2 aliphatic heterocycles. The average molecular weight is 270 g/mol. The Morgan fingerprint density at radius 3 is 2.42 bits per heavy atom. The van der Waals surface area contributed by atoms with Gasteiger partial charge < -0.3 is 14.3 Å². The van der Waals surface area contributed by atoms with E-state index in [9.17, 15) is 9.90 Å². The van der Waals surface area contributed by atoms with E-state index < -0.39 is 11.6 Å². The molecule has 2 aliphatic rings. The zero-order valence-corrected chi connectivity index (χ0v) is 12.4. The maximum absolute atomic E-state index is 12.1. The van der Waals surface area contributed by atoms with Crippen LogP contribution >= 0.6 is 0 Å². The van der Waals surface area contributed by atoms with Crippen molar-refractivity contribution in [2.75, 3.05) is 26.2 Å². The fraction of sp³-hybridized carbons (Fsp3) is 0.933. The van der Waals surface area contributed by atoms with E-state index in [4.69, 9.17) is 4.74 Å². The highest BCUT2D eigenvalue weighted by atomic mass is 16.6. The van der Waals surface area contributed by atoms with Crippen molar-refractivity contribution in [1.29, 1.82) is 0 Å². The molecule has 1 N–H and O–H groups in total. The van der Waals surface area contributed by atoms with Gasteiger partial charge in [-0.1, -0.05) is 13.8 Å². The van der Waals surface area contributed by atoms with E-state index in [0.29, 0.717) is 12.8 Å². The molecule has 0 amide bonds. The molecule has 1 unspecified atom stereocenters. The lowest BCUT2D eigenvalue weighted by Crippen LogP contribution is -2.50. The number of hydrogen-bond donors (Lipinski definition) is 1. The van der Waals surface area contributed by atoms with Gasteiger partial charge in [0.2, 0.25) is 0 Å². The molecule has 0 saturated carbocycles. The Balaban J connectivity index is 1.89. The molecule has 1 atom stereocenters. The third-order valence-corrected chi connectivity index (χ3v) is 5.10. The van der Waals surface area contributed by atoms with E-state index in [2.05, 4.69) is 0 Å². The van der Waals surface area contributed by atoms with Gasteiger partial charge in [-0.3, -0.25) is 0 Å². The normalized spacial score (nSPS) is 26.6. The smallest absolute Gasteiger partial charge is 0.338 e. The van der Waals surface area contributed by atoms with Crippen LogP contribution in [0.1, 0.15) is 52.4 Å². The number of esters is 1. The fourth-order valence-electron chi connectivity index (χ4n) is 3.52. The highest BCUT2D eigenvalue weighted by Crippen LogP contribution is 2.28. The summed E-state index contributed by atoms with van der Waals surface area (Å²) in [6.07, 6.45) is 5.76. The average Bonchev–Trinajstić information content (AvgIpc) is 2.81. The number of carbonyl (C=O) groups is 1.